The number of nitrogens with one attached hydrogen (secondary N) is 1. The smallest absolute Gasteiger partial charge is 0.174 e. The number of nitrogens with zero attached hydrogens (tertiary/aromatic N) is 2. The first-order chi connectivity index (χ1) is 7.31. The van der Waals surface area contributed by atoms with E-state index < -0.39 is 0 Å². The molecule has 1 aliphatic carbocycles. The summed E-state index contributed by atoms with van der Waals surface area (Å²) < 4.78 is 3.20. The third kappa shape index (κ3) is 2.24. The molecule has 1 N–H and O–H groups in total. The lowest BCUT2D eigenvalue weighted by atomic mass is 10.4. The maximum Gasteiger partial charge on any atom is 0.174 e. The van der Waals surface area contributed by atoms with Crippen molar-refractivity contribution in [2.75, 3.05) is 0 Å². The number of thioether (sulfide) groups is 1. The third-order valence-electron chi connectivity index (χ3n) is 2.06. The summed E-state index contributed by atoms with van der Waals surface area (Å²) in [6, 6.07) is 1.88. The SMILES string of the molecule is Clc1cnc2c(c1)SNC(SC1CC1)=N2. The van der Waals surface area contributed by atoms with Gasteiger partial charge in [-0.25, -0.2) is 9.98 Å². The Morgan fingerprint density at radius 1 is 1.53 bits per heavy atom. The molecule has 1 aromatic rings. The Morgan fingerprint density at radius 3 is 3.20 bits per heavy atom. The van der Waals surface area contributed by atoms with Gasteiger partial charge in [0.2, 0.25) is 0 Å². The van der Waals surface area contributed by atoms with Gasteiger partial charge in [-0.15, -0.1) is 0 Å². The molecule has 0 spiro atoms. The molecule has 3 nitrogen and oxygen atoms in total. The average Bonchev–Trinajstić information content (AvgIpc) is 3.02. The van der Waals surface area contributed by atoms with Crippen molar-refractivity contribution >= 4 is 46.3 Å². The van der Waals surface area contributed by atoms with Gasteiger partial charge in [-0.05, 0) is 30.9 Å². The topological polar surface area (TPSA) is 37.3 Å². The first-order valence-electron chi connectivity index (χ1n) is 4.65. The maximum absolute atomic E-state index is 5.85. The number of hydrogen-bond acceptors (Lipinski definition) is 5. The van der Waals surface area contributed by atoms with E-state index >= 15 is 0 Å². The van der Waals surface area contributed by atoms with Gasteiger partial charge in [-0.2, -0.15) is 0 Å². The van der Waals surface area contributed by atoms with E-state index in [0.717, 1.165) is 21.1 Å². The van der Waals surface area contributed by atoms with Gasteiger partial charge >= 0.3 is 0 Å². The number of pyridine rings is 1. The van der Waals surface area contributed by atoms with Crippen LogP contribution in [0.5, 0.6) is 0 Å². The zero-order chi connectivity index (χ0) is 10.3. The number of aromatic nitrogens is 1. The van der Waals surface area contributed by atoms with E-state index in [1.54, 1.807) is 18.0 Å². The second-order valence-electron chi connectivity index (χ2n) is 3.41. The van der Waals surface area contributed by atoms with Crippen LogP contribution >= 0.6 is 35.3 Å². The molecular formula is C9H8ClN3S2. The molecule has 0 amide bonds. The van der Waals surface area contributed by atoms with E-state index in [-0.39, 0.29) is 0 Å². The fourth-order valence-corrected chi connectivity index (χ4v) is 3.17. The monoisotopic (exact) mass is 257 g/mol. The molecule has 6 heteroatoms. The van der Waals surface area contributed by atoms with Gasteiger partial charge in [-0.3, -0.25) is 0 Å². The van der Waals surface area contributed by atoms with Gasteiger partial charge in [-0.1, -0.05) is 23.4 Å². The molecule has 0 radical (unpaired) electrons. The van der Waals surface area contributed by atoms with E-state index in [1.807, 2.05) is 6.07 Å². The lowest BCUT2D eigenvalue weighted by Crippen LogP contribution is -2.15. The molecular weight excluding hydrogens is 250 g/mol. The van der Waals surface area contributed by atoms with Crippen LogP contribution in [-0.4, -0.2) is 15.4 Å². The molecule has 78 valence electrons. The van der Waals surface area contributed by atoms with Crippen molar-refractivity contribution in [1.29, 1.82) is 0 Å². The number of rotatable bonds is 1. The Kier molecular flexibility index (Phi) is 2.54. The minimum atomic E-state index is 0.650. The summed E-state index contributed by atoms with van der Waals surface area (Å²) in [5, 5.41) is 2.37. The van der Waals surface area contributed by atoms with Crippen LogP contribution in [0.25, 0.3) is 0 Å². The Labute approximate surface area is 101 Å². The van der Waals surface area contributed by atoms with Crippen molar-refractivity contribution in [2.24, 2.45) is 4.99 Å². The summed E-state index contributed by atoms with van der Waals surface area (Å²) >= 11 is 9.18. The summed E-state index contributed by atoms with van der Waals surface area (Å²) in [4.78, 5) is 9.64. The molecule has 0 bridgehead atoms. The standard InChI is InChI=1S/C9H8ClN3S2/c10-5-3-7-8(11-4-5)12-9(13-15-7)14-6-1-2-6/h3-4,6H,1-2H2,(H,11,12,13). The van der Waals surface area contributed by atoms with Gasteiger partial charge in [0, 0.05) is 11.4 Å². The molecule has 3 rings (SSSR count). The third-order valence-corrected chi connectivity index (χ3v) is 4.43. The fraction of sp³-hybridized carbons (Fsp3) is 0.333. The van der Waals surface area contributed by atoms with E-state index in [2.05, 4.69) is 14.7 Å². The lowest BCUT2D eigenvalue weighted by Gasteiger charge is -2.14. The van der Waals surface area contributed by atoms with Crippen molar-refractivity contribution in [1.82, 2.24) is 9.71 Å². The van der Waals surface area contributed by atoms with Crippen molar-refractivity contribution in [2.45, 2.75) is 23.0 Å². The van der Waals surface area contributed by atoms with Gasteiger partial charge in [0.25, 0.3) is 0 Å². The van der Waals surface area contributed by atoms with Crippen LogP contribution in [0.4, 0.5) is 5.82 Å². The molecule has 0 saturated heterocycles. The van der Waals surface area contributed by atoms with Crippen molar-refractivity contribution in [3.63, 3.8) is 0 Å². The molecule has 1 fully saturated rings. The molecule has 2 aliphatic rings. The average molecular weight is 258 g/mol. The summed E-state index contributed by atoms with van der Waals surface area (Å²) in [6.45, 7) is 0. The first kappa shape index (κ1) is 9.81. The summed E-state index contributed by atoms with van der Waals surface area (Å²) in [5.74, 6) is 0.770. The Hall–Kier alpha value is -0.390. The van der Waals surface area contributed by atoms with E-state index in [9.17, 15) is 0 Å². The highest BCUT2D eigenvalue weighted by Gasteiger charge is 2.26. The normalized spacial score (nSPS) is 19.1. The molecule has 0 atom stereocenters. The second kappa shape index (κ2) is 3.88. The molecule has 0 aromatic carbocycles. The van der Waals surface area contributed by atoms with Crippen LogP contribution in [0.3, 0.4) is 0 Å². The minimum absolute atomic E-state index is 0.650. The maximum atomic E-state index is 5.85. The first-order valence-corrected chi connectivity index (χ1v) is 6.72. The molecule has 2 heterocycles. The number of fused-ring (bicyclic) bond motifs is 1. The van der Waals surface area contributed by atoms with Crippen LogP contribution in [0.15, 0.2) is 22.2 Å². The van der Waals surface area contributed by atoms with Crippen LogP contribution in [-0.2, 0) is 0 Å². The molecule has 1 aromatic heterocycles. The van der Waals surface area contributed by atoms with Crippen molar-refractivity contribution < 1.29 is 0 Å². The summed E-state index contributed by atoms with van der Waals surface area (Å²) in [7, 11) is 0. The highest BCUT2D eigenvalue weighted by molar-refractivity contribution is 8.16. The van der Waals surface area contributed by atoms with E-state index in [1.165, 1.54) is 24.8 Å². The van der Waals surface area contributed by atoms with Crippen molar-refractivity contribution in [3.05, 3.63) is 17.3 Å². The van der Waals surface area contributed by atoms with Crippen LogP contribution in [0.2, 0.25) is 5.02 Å². The Bertz CT molecular complexity index is 431. The van der Waals surface area contributed by atoms with Gasteiger partial charge in [0.15, 0.2) is 11.0 Å². The Morgan fingerprint density at radius 2 is 2.40 bits per heavy atom. The van der Waals surface area contributed by atoms with Gasteiger partial charge in [0.05, 0.1) is 9.92 Å². The predicted octanol–water partition coefficient (Wildman–Crippen LogP) is 3.23. The van der Waals surface area contributed by atoms with Gasteiger partial charge < -0.3 is 4.72 Å². The second-order valence-corrected chi connectivity index (χ2v) is 5.99. The van der Waals surface area contributed by atoms with Gasteiger partial charge in [0.1, 0.15) is 0 Å². The van der Waals surface area contributed by atoms with Crippen molar-refractivity contribution in [3.8, 4) is 0 Å². The quantitative estimate of drug-likeness (QED) is 0.784. The number of aliphatic imine (C=N–C) groups is 1. The molecule has 1 aliphatic heterocycles. The van der Waals surface area contributed by atoms with Crippen LogP contribution in [0.1, 0.15) is 12.8 Å². The number of amidine groups is 1. The molecule has 15 heavy (non-hydrogen) atoms. The zero-order valence-corrected chi connectivity index (χ0v) is 10.1. The number of hydrogen-bond donors (Lipinski definition) is 1. The predicted molar refractivity (Wildman–Crippen MR) is 65.9 cm³/mol. The summed E-state index contributed by atoms with van der Waals surface area (Å²) in [6.07, 6.45) is 4.24. The fourth-order valence-electron chi connectivity index (χ4n) is 1.18. The highest BCUT2D eigenvalue weighted by atomic mass is 35.5. The summed E-state index contributed by atoms with van der Waals surface area (Å²) in [5.41, 5.74) is 0. The lowest BCUT2D eigenvalue weighted by molar-refractivity contribution is 1.17. The number of halogens is 1. The highest BCUT2D eigenvalue weighted by Crippen LogP contribution is 2.39. The Balaban J connectivity index is 1.87. The van der Waals surface area contributed by atoms with Crippen LogP contribution in [0, 0.1) is 0 Å². The minimum Gasteiger partial charge on any atom is -0.305 e. The zero-order valence-electron chi connectivity index (χ0n) is 7.74. The molecule has 0 unspecified atom stereocenters. The van der Waals surface area contributed by atoms with E-state index in [0.29, 0.717) is 5.02 Å². The van der Waals surface area contributed by atoms with E-state index in [4.69, 9.17) is 11.6 Å². The largest absolute Gasteiger partial charge is 0.305 e. The van der Waals surface area contributed by atoms with Crippen LogP contribution < -0.4 is 4.72 Å². The molecule has 1 saturated carbocycles.